The molecule has 0 aliphatic heterocycles. The van der Waals surface area contributed by atoms with Crippen molar-refractivity contribution < 1.29 is 4.79 Å². The highest BCUT2D eigenvalue weighted by Crippen LogP contribution is 2.31. The molecule has 0 saturated heterocycles. The normalized spacial score (nSPS) is 39.6. The predicted octanol–water partition coefficient (Wildman–Crippen LogP) is 1.79. The van der Waals surface area contributed by atoms with Gasteiger partial charge in [-0.25, -0.2) is 0 Å². The van der Waals surface area contributed by atoms with Gasteiger partial charge in [-0.15, -0.1) is 9.24 Å². The van der Waals surface area contributed by atoms with Gasteiger partial charge in [0.2, 0.25) is 0 Å². The predicted molar refractivity (Wildman–Crippen MR) is 46.0 cm³/mol. The third-order valence-corrected chi connectivity index (χ3v) is 2.40. The third kappa shape index (κ3) is 1.91. The molecule has 0 N–H and O–H groups in total. The van der Waals surface area contributed by atoms with Crippen LogP contribution in [0.2, 0.25) is 0 Å². The summed E-state index contributed by atoms with van der Waals surface area (Å²) in [6.07, 6.45) is 7.23. The zero-order valence-electron chi connectivity index (χ0n) is 6.21. The first-order chi connectivity index (χ1) is 4.64. The van der Waals surface area contributed by atoms with Crippen molar-refractivity contribution in [2.45, 2.75) is 24.9 Å². The van der Waals surface area contributed by atoms with Crippen LogP contribution in [0.3, 0.4) is 0 Å². The summed E-state index contributed by atoms with van der Waals surface area (Å²) in [5.74, 6) is 0.175. The summed E-state index contributed by atoms with van der Waals surface area (Å²) >= 11 is 0. The van der Waals surface area contributed by atoms with Gasteiger partial charge in [0.15, 0.2) is 0 Å². The molecule has 0 aromatic carbocycles. The lowest BCUT2D eigenvalue weighted by molar-refractivity contribution is -0.110. The van der Waals surface area contributed by atoms with Crippen LogP contribution in [0.5, 0.6) is 0 Å². The summed E-state index contributed by atoms with van der Waals surface area (Å²) in [5, 5.41) is 0.236. The van der Waals surface area contributed by atoms with E-state index in [2.05, 4.69) is 22.2 Å². The fraction of sp³-hybridized carbons (Fsp3) is 0.625. The van der Waals surface area contributed by atoms with Crippen LogP contribution in [0.1, 0.15) is 19.8 Å². The van der Waals surface area contributed by atoms with E-state index in [4.69, 9.17) is 0 Å². The molecule has 0 amide bonds. The van der Waals surface area contributed by atoms with E-state index in [-0.39, 0.29) is 11.1 Å². The first-order valence-electron chi connectivity index (χ1n) is 3.57. The zero-order valence-corrected chi connectivity index (χ0v) is 7.36. The third-order valence-electron chi connectivity index (χ3n) is 1.92. The lowest BCUT2D eigenvalue weighted by Gasteiger charge is -2.25. The molecule has 2 heteroatoms. The summed E-state index contributed by atoms with van der Waals surface area (Å²) in [4.78, 5) is 10.3. The Bertz CT molecular complexity index is 161. The molecule has 1 nitrogen and oxygen atoms in total. The Kier molecular flexibility index (Phi) is 2.25. The second-order valence-electron chi connectivity index (χ2n) is 3.20. The van der Waals surface area contributed by atoms with E-state index in [1.165, 1.54) is 0 Å². The summed E-state index contributed by atoms with van der Waals surface area (Å²) < 4.78 is 0. The van der Waals surface area contributed by atoms with E-state index in [9.17, 15) is 4.79 Å². The topological polar surface area (TPSA) is 17.1 Å². The Morgan fingerprint density at radius 2 is 2.50 bits per heavy atom. The van der Waals surface area contributed by atoms with Crippen LogP contribution >= 0.6 is 9.24 Å². The Balaban J connectivity index is 2.60. The van der Waals surface area contributed by atoms with E-state index in [1.54, 1.807) is 0 Å². The van der Waals surface area contributed by atoms with Crippen molar-refractivity contribution in [1.29, 1.82) is 0 Å². The van der Waals surface area contributed by atoms with Gasteiger partial charge < -0.3 is 4.79 Å². The molecular weight excluding hydrogens is 143 g/mol. The average molecular weight is 156 g/mol. The SMILES string of the molecule is CC1(P)C=CC(C=O)CC1. The molecule has 10 heavy (non-hydrogen) atoms. The van der Waals surface area contributed by atoms with E-state index in [0.29, 0.717) is 0 Å². The number of carbonyl (C=O) groups excluding carboxylic acids is 1. The van der Waals surface area contributed by atoms with Crippen LogP contribution in [0.15, 0.2) is 12.2 Å². The van der Waals surface area contributed by atoms with Gasteiger partial charge in [0.25, 0.3) is 0 Å². The van der Waals surface area contributed by atoms with Gasteiger partial charge >= 0.3 is 0 Å². The van der Waals surface area contributed by atoms with Crippen LogP contribution < -0.4 is 0 Å². The average Bonchev–Trinajstić information content (AvgIpc) is 1.88. The van der Waals surface area contributed by atoms with Crippen LogP contribution in [0.25, 0.3) is 0 Å². The van der Waals surface area contributed by atoms with Gasteiger partial charge in [-0.1, -0.05) is 19.1 Å². The fourth-order valence-corrected chi connectivity index (χ4v) is 1.39. The molecule has 3 atom stereocenters. The molecule has 1 aliphatic rings. The first kappa shape index (κ1) is 7.94. The molecule has 0 aromatic heterocycles. The molecule has 0 aromatic rings. The van der Waals surface area contributed by atoms with E-state index >= 15 is 0 Å². The lowest BCUT2D eigenvalue weighted by Crippen LogP contribution is -2.19. The standard InChI is InChI=1S/C8H13OP/c1-8(10)4-2-7(6-9)3-5-8/h2,4,6-7H,3,5,10H2,1H3. The van der Waals surface area contributed by atoms with Gasteiger partial charge in [0, 0.05) is 5.92 Å². The summed E-state index contributed by atoms with van der Waals surface area (Å²) in [7, 11) is 2.80. The van der Waals surface area contributed by atoms with Crippen molar-refractivity contribution >= 4 is 15.5 Å². The minimum absolute atomic E-state index is 0.175. The quantitative estimate of drug-likeness (QED) is 0.321. The summed E-state index contributed by atoms with van der Waals surface area (Å²) in [6, 6.07) is 0. The highest BCUT2D eigenvalue weighted by Gasteiger charge is 2.20. The van der Waals surface area contributed by atoms with Crippen LogP contribution in [-0.2, 0) is 4.79 Å². The minimum atomic E-state index is 0.175. The van der Waals surface area contributed by atoms with E-state index < -0.39 is 0 Å². The second-order valence-corrected chi connectivity index (χ2v) is 4.52. The van der Waals surface area contributed by atoms with Gasteiger partial charge in [-0.05, 0) is 18.0 Å². The van der Waals surface area contributed by atoms with Crippen molar-refractivity contribution in [1.82, 2.24) is 0 Å². The number of hydrogen-bond donors (Lipinski definition) is 0. The number of allylic oxidation sites excluding steroid dienone is 2. The largest absolute Gasteiger partial charge is 0.303 e. The molecular formula is C8H13OP. The Morgan fingerprint density at radius 1 is 1.80 bits per heavy atom. The van der Waals surface area contributed by atoms with E-state index in [0.717, 1.165) is 19.1 Å². The van der Waals surface area contributed by atoms with Gasteiger partial charge in [0.1, 0.15) is 6.29 Å². The summed E-state index contributed by atoms with van der Waals surface area (Å²) in [6.45, 7) is 2.16. The summed E-state index contributed by atoms with van der Waals surface area (Å²) in [5.41, 5.74) is 0. The molecule has 0 fully saturated rings. The maximum absolute atomic E-state index is 10.3. The number of rotatable bonds is 1. The van der Waals surface area contributed by atoms with Crippen molar-refractivity contribution in [2.75, 3.05) is 0 Å². The van der Waals surface area contributed by atoms with Crippen molar-refractivity contribution in [3.05, 3.63) is 12.2 Å². The molecule has 0 radical (unpaired) electrons. The Hall–Kier alpha value is -0.160. The molecule has 0 spiro atoms. The molecule has 56 valence electrons. The molecule has 3 unspecified atom stereocenters. The molecule has 0 bridgehead atoms. The molecule has 1 rings (SSSR count). The highest BCUT2D eigenvalue weighted by molar-refractivity contribution is 7.19. The lowest BCUT2D eigenvalue weighted by atomic mass is 9.90. The van der Waals surface area contributed by atoms with Crippen molar-refractivity contribution in [3.8, 4) is 0 Å². The van der Waals surface area contributed by atoms with Crippen molar-refractivity contribution in [2.24, 2.45) is 5.92 Å². The second kappa shape index (κ2) is 2.84. The Morgan fingerprint density at radius 3 is 2.90 bits per heavy atom. The molecule has 0 heterocycles. The first-order valence-corrected chi connectivity index (χ1v) is 4.15. The van der Waals surface area contributed by atoms with E-state index in [1.807, 2.05) is 6.08 Å². The zero-order chi connectivity index (χ0) is 7.61. The monoisotopic (exact) mass is 156 g/mol. The fourth-order valence-electron chi connectivity index (χ4n) is 1.11. The molecule has 1 aliphatic carbocycles. The number of aldehydes is 1. The number of carbonyl (C=O) groups is 1. The van der Waals surface area contributed by atoms with Crippen LogP contribution in [0, 0.1) is 5.92 Å². The molecule has 0 saturated carbocycles. The van der Waals surface area contributed by atoms with Crippen LogP contribution in [0.4, 0.5) is 0 Å². The maximum atomic E-state index is 10.3. The van der Waals surface area contributed by atoms with Gasteiger partial charge in [-0.2, -0.15) is 0 Å². The highest BCUT2D eigenvalue weighted by atomic mass is 31.0. The number of hydrogen-bond acceptors (Lipinski definition) is 1. The van der Waals surface area contributed by atoms with Gasteiger partial charge in [-0.3, -0.25) is 0 Å². The van der Waals surface area contributed by atoms with Crippen LogP contribution in [-0.4, -0.2) is 11.4 Å². The van der Waals surface area contributed by atoms with Crippen molar-refractivity contribution in [3.63, 3.8) is 0 Å². The Labute approximate surface area is 64.1 Å². The smallest absolute Gasteiger partial charge is 0.126 e. The maximum Gasteiger partial charge on any atom is 0.126 e. The minimum Gasteiger partial charge on any atom is -0.303 e. The van der Waals surface area contributed by atoms with Gasteiger partial charge in [0.05, 0.1) is 0 Å².